The number of nitrogens with zero attached hydrogens (tertiary/aromatic N) is 1. The number of hydrogen-bond donors (Lipinski definition) is 1. The van der Waals surface area contributed by atoms with E-state index in [1.54, 1.807) is 0 Å². The van der Waals surface area contributed by atoms with Crippen molar-refractivity contribution in [1.82, 2.24) is 10.2 Å². The molecule has 1 aliphatic carbocycles. The van der Waals surface area contributed by atoms with Gasteiger partial charge >= 0.3 is 6.03 Å². The highest BCUT2D eigenvalue weighted by molar-refractivity contribution is 6.11. The Labute approximate surface area is 144 Å². The summed E-state index contributed by atoms with van der Waals surface area (Å²) in [5.74, 6) is -2.66. The van der Waals surface area contributed by atoms with Crippen LogP contribution in [0.1, 0.15) is 49.4 Å². The zero-order chi connectivity index (χ0) is 18.2. The predicted octanol–water partition coefficient (Wildman–Crippen LogP) is 3.04. The minimum atomic E-state index is -1.14. The van der Waals surface area contributed by atoms with E-state index in [1.165, 1.54) is 0 Å². The first kappa shape index (κ1) is 17.5. The molecule has 1 heterocycles. The summed E-state index contributed by atoms with van der Waals surface area (Å²) in [5, 5.41) is 2.74. The van der Waals surface area contributed by atoms with Gasteiger partial charge in [-0.15, -0.1) is 0 Å². The van der Waals surface area contributed by atoms with Gasteiger partial charge in [0.2, 0.25) is 0 Å². The third kappa shape index (κ3) is 3.15. The van der Waals surface area contributed by atoms with Crippen molar-refractivity contribution in [2.75, 3.05) is 6.54 Å². The van der Waals surface area contributed by atoms with Crippen molar-refractivity contribution in [3.8, 4) is 0 Å². The first-order valence-corrected chi connectivity index (χ1v) is 8.48. The summed E-state index contributed by atoms with van der Waals surface area (Å²) < 4.78 is 26.3. The molecule has 1 N–H and O–H groups in total. The quantitative estimate of drug-likeness (QED) is 0.670. The SMILES string of the molecule is CCC1CCC2(CC1)NC(=O)N(CC(=O)c1ccc(F)c(F)c1)C2=O. The Balaban J connectivity index is 1.72. The summed E-state index contributed by atoms with van der Waals surface area (Å²) in [6.45, 7) is 1.62. The number of nitrogens with one attached hydrogen (secondary N) is 1. The number of benzene rings is 1. The molecule has 3 amide bonds. The molecule has 2 fully saturated rings. The van der Waals surface area contributed by atoms with Crippen molar-refractivity contribution in [1.29, 1.82) is 0 Å². The van der Waals surface area contributed by atoms with Gasteiger partial charge in [0.15, 0.2) is 17.4 Å². The van der Waals surface area contributed by atoms with Crippen LogP contribution >= 0.6 is 0 Å². The molecule has 2 aliphatic rings. The van der Waals surface area contributed by atoms with E-state index in [2.05, 4.69) is 12.2 Å². The minimum absolute atomic E-state index is 0.0739. The van der Waals surface area contributed by atoms with Gasteiger partial charge in [-0.3, -0.25) is 14.5 Å². The average Bonchev–Trinajstić information content (AvgIpc) is 2.82. The Morgan fingerprint density at radius 1 is 1.24 bits per heavy atom. The van der Waals surface area contributed by atoms with E-state index < -0.39 is 41.4 Å². The van der Waals surface area contributed by atoms with Crippen LogP contribution in [0.5, 0.6) is 0 Å². The normalized spacial score (nSPS) is 26.2. The molecule has 1 spiro atoms. The number of hydrogen-bond acceptors (Lipinski definition) is 3. The smallest absolute Gasteiger partial charge is 0.323 e. The van der Waals surface area contributed by atoms with Gasteiger partial charge in [-0.25, -0.2) is 13.6 Å². The fourth-order valence-corrected chi connectivity index (χ4v) is 3.64. The maximum absolute atomic E-state index is 13.3. The standard InChI is InChI=1S/C18H20F2N2O3/c1-2-11-5-7-18(8-6-11)16(24)22(17(25)21-18)10-15(23)12-3-4-13(19)14(20)9-12/h3-4,9,11H,2,5-8,10H2,1H3,(H,21,25). The van der Waals surface area contributed by atoms with Crippen LogP contribution in [0.25, 0.3) is 0 Å². The summed E-state index contributed by atoms with van der Waals surface area (Å²) in [6.07, 6.45) is 3.87. The van der Waals surface area contributed by atoms with Crippen LogP contribution in [0.15, 0.2) is 18.2 Å². The predicted molar refractivity (Wildman–Crippen MR) is 85.9 cm³/mol. The monoisotopic (exact) mass is 350 g/mol. The van der Waals surface area contributed by atoms with Gasteiger partial charge < -0.3 is 5.32 Å². The zero-order valence-corrected chi connectivity index (χ0v) is 14.0. The molecule has 25 heavy (non-hydrogen) atoms. The molecule has 3 rings (SSSR count). The Kier molecular flexibility index (Phi) is 4.58. The molecule has 1 aromatic rings. The van der Waals surface area contributed by atoms with E-state index in [0.717, 1.165) is 42.4 Å². The Morgan fingerprint density at radius 2 is 1.92 bits per heavy atom. The van der Waals surface area contributed by atoms with Gasteiger partial charge in [-0.05, 0) is 49.8 Å². The fraction of sp³-hybridized carbons (Fsp3) is 0.500. The van der Waals surface area contributed by atoms with Gasteiger partial charge in [0, 0.05) is 5.56 Å². The van der Waals surface area contributed by atoms with Crippen LogP contribution in [0.2, 0.25) is 0 Å². The molecule has 0 atom stereocenters. The molecule has 134 valence electrons. The molecular formula is C18H20F2N2O3. The van der Waals surface area contributed by atoms with Crippen LogP contribution in [0.3, 0.4) is 0 Å². The lowest BCUT2D eigenvalue weighted by Gasteiger charge is -2.34. The number of amides is 3. The van der Waals surface area contributed by atoms with Gasteiger partial charge in [-0.2, -0.15) is 0 Å². The third-order valence-corrected chi connectivity index (χ3v) is 5.33. The van der Waals surface area contributed by atoms with Crippen LogP contribution in [0, 0.1) is 17.6 Å². The number of Topliss-reactive ketones (excluding diaryl/α,β-unsaturated/α-hetero) is 1. The van der Waals surface area contributed by atoms with Crippen LogP contribution in [-0.4, -0.2) is 34.7 Å². The highest BCUT2D eigenvalue weighted by atomic mass is 19.2. The number of ketones is 1. The van der Waals surface area contributed by atoms with Crippen molar-refractivity contribution < 1.29 is 23.2 Å². The lowest BCUT2D eigenvalue weighted by molar-refractivity contribution is -0.132. The van der Waals surface area contributed by atoms with Crippen molar-refractivity contribution in [2.24, 2.45) is 5.92 Å². The average molecular weight is 350 g/mol. The molecule has 0 unspecified atom stereocenters. The van der Waals surface area contributed by atoms with Gasteiger partial charge in [0.05, 0.1) is 6.54 Å². The molecule has 1 saturated carbocycles. The van der Waals surface area contributed by atoms with Gasteiger partial charge in [0.25, 0.3) is 5.91 Å². The number of rotatable bonds is 4. The molecule has 0 radical (unpaired) electrons. The first-order valence-electron chi connectivity index (χ1n) is 8.48. The maximum atomic E-state index is 13.3. The first-order chi connectivity index (χ1) is 11.9. The summed E-state index contributed by atoms with van der Waals surface area (Å²) in [4.78, 5) is 38.1. The van der Waals surface area contributed by atoms with Crippen molar-refractivity contribution in [2.45, 2.75) is 44.6 Å². The number of urea groups is 1. The van der Waals surface area contributed by atoms with Gasteiger partial charge in [0.1, 0.15) is 5.54 Å². The van der Waals surface area contributed by atoms with E-state index in [1.807, 2.05) is 0 Å². The number of carbonyl (C=O) groups is 3. The number of halogens is 2. The highest BCUT2D eigenvalue weighted by Gasteiger charge is 2.52. The van der Waals surface area contributed by atoms with Crippen molar-refractivity contribution in [3.05, 3.63) is 35.4 Å². The largest absolute Gasteiger partial charge is 0.325 e. The molecule has 5 nitrogen and oxygen atoms in total. The summed E-state index contributed by atoms with van der Waals surface area (Å²) in [7, 11) is 0. The highest BCUT2D eigenvalue weighted by Crippen LogP contribution is 2.37. The van der Waals surface area contributed by atoms with E-state index in [0.29, 0.717) is 18.8 Å². The topological polar surface area (TPSA) is 66.5 Å². The molecule has 1 saturated heterocycles. The third-order valence-electron chi connectivity index (χ3n) is 5.33. The second kappa shape index (κ2) is 6.54. The maximum Gasteiger partial charge on any atom is 0.325 e. The number of imide groups is 1. The minimum Gasteiger partial charge on any atom is -0.323 e. The summed E-state index contributed by atoms with van der Waals surface area (Å²) in [5.41, 5.74) is -0.994. The Morgan fingerprint density at radius 3 is 2.52 bits per heavy atom. The molecule has 0 aromatic heterocycles. The zero-order valence-electron chi connectivity index (χ0n) is 14.0. The Hall–Kier alpha value is -2.31. The molecule has 1 aromatic carbocycles. The molecular weight excluding hydrogens is 330 g/mol. The van der Waals surface area contributed by atoms with Crippen LogP contribution < -0.4 is 5.32 Å². The second-order valence-electron chi connectivity index (χ2n) is 6.81. The van der Waals surface area contributed by atoms with E-state index in [9.17, 15) is 23.2 Å². The molecule has 0 bridgehead atoms. The lowest BCUT2D eigenvalue weighted by Crippen LogP contribution is -2.49. The lowest BCUT2D eigenvalue weighted by atomic mass is 9.75. The van der Waals surface area contributed by atoms with Crippen molar-refractivity contribution >= 4 is 17.7 Å². The van der Waals surface area contributed by atoms with Crippen LogP contribution in [-0.2, 0) is 4.79 Å². The number of carbonyl (C=O) groups excluding carboxylic acids is 3. The second-order valence-corrected chi connectivity index (χ2v) is 6.81. The van der Waals surface area contributed by atoms with E-state index in [-0.39, 0.29) is 5.56 Å². The Bertz CT molecular complexity index is 727. The summed E-state index contributed by atoms with van der Waals surface area (Å²) in [6, 6.07) is 2.16. The van der Waals surface area contributed by atoms with Crippen LogP contribution in [0.4, 0.5) is 13.6 Å². The fourth-order valence-electron chi connectivity index (χ4n) is 3.64. The van der Waals surface area contributed by atoms with Gasteiger partial charge in [-0.1, -0.05) is 13.3 Å². The van der Waals surface area contributed by atoms with E-state index in [4.69, 9.17) is 0 Å². The van der Waals surface area contributed by atoms with Crippen molar-refractivity contribution in [3.63, 3.8) is 0 Å². The van der Waals surface area contributed by atoms with E-state index >= 15 is 0 Å². The summed E-state index contributed by atoms with van der Waals surface area (Å²) >= 11 is 0. The molecule has 1 aliphatic heterocycles. The molecule has 7 heteroatoms.